The van der Waals surface area contributed by atoms with Crippen molar-refractivity contribution in [2.45, 2.75) is 11.8 Å². The van der Waals surface area contributed by atoms with Gasteiger partial charge in [0.2, 0.25) is 10.0 Å². The summed E-state index contributed by atoms with van der Waals surface area (Å²) in [4.78, 5) is 15.9. The van der Waals surface area contributed by atoms with E-state index in [0.717, 1.165) is 0 Å². The fraction of sp³-hybridized carbons (Fsp3) is 0.0769. The van der Waals surface area contributed by atoms with Gasteiger partial charge in [-0.3, -0.25) is 9.78 Å². The number of anilines is 1. The zero-order valence-corrected chi connectivity index (χ0v) is 13.4. The van der Waals surface area contributed by atoms with Crippen LogP contribution >= 0.6 is 15.9 Å². The van der Waals surface area contributed by atoms with Gasteiger partial charge in [-0.2, -0.15) is 0 Å². The molecule has 6 nitrogen and oxygen atoms in total. The van der Waals surface area contributed by atoms with E-state index in [1.807, 2.05) is 0 Å². The van der Waals surface area contributed by atoms with Crippen molar-refractivity contribution in [3.05, 3.63) is 52.3 Å². The number of aromatic nitrogens is 1. The van der Waals surface area contributed by atoms with E-state index < -0.39 is 10.0 Å². The van der Waals surface area contributed by atoms with Crippen molar-refractivity contribution >= 4 is 37.5 Å². The van der Waals surface area contributed by atoms with Crippen molar-refractivity contribution in [3.63, 3.8) is 0 Å². The fourth-order valence-electron chi connectivity index (χ4n) is 1.76. The molecule has 0 fully saturated rings. The summed E-state index contributed by atoms with van der Waals surface area (Å²) >= 11 is 3.22. The number of hydrogen-bond acceptors (Lipinski definition) is 4. The van der Waals surface area contributed by atoms with E-state index in [-0.39, 0.29) is 10.8 Å². The Morgan fingerprint density at radius 2 is 2.10 bits per heavy atom. The van der Waals surface area contributed by atoms with Gasteiger partial charge in [-0.15, -0.1) is 0 Å². The highest BCUT2D eigenvalue weighted by atomic mass is 79.9. The Kier molecular flexibility index (Phi) is 4.40. The number of pyridine rings is 1. The zero-order chi connectivity index (χ0) is 15.6. The van der Waals surface area contributed by atoms with E-state index in [1.165, 1.54) is 18.3 Å². The normalized spacial score (nSPS) is 11.2. The third-order valence-electron chi connectivity index (χ3n) is 2.74. The maximum atomic E-state index is 12.0. The van der Waals surface area contributed by atoms with Crippen LogP contribution in [0.2, 0.25) is 0 Å². The molecule has 0 radical (unpaired) electrons. The Hall–Kier alpha value is -1.77. The molecule has 110 valence electrons. The second-order valence-corrected chi connectivity index (χ2v) is 6.72. The lowest BCUT2D eigenvalue weighted by atomic mass is 10.2. The van der Waals surface area contributed by atoms with Crippen molar-refractivity contribution in [2.75, 3.05) is 5.32 Å². The average molecular weight is 370 g/mol. The van der Waals surface area contributed by atoms with Crippen LogP contribution in [0.1, 0.15) is 15.9 Å². The van der Waals surface area contributed by atoms with Crippen molar-refractivity contribution in [3.8, 4) is 0 Å². The van der Waals surface area contributed by atoms with Crippen LogP contribution in [0, 0.1) is 6.92 Å². The molecule has 2 rings (SSSR count). The molecule has 0 spiro atoms. The molecule has 1 aromatic carbocycles. The van der Waals surface area contributed by atoms with Gasteiger partial charge in [-0.25, -0.2) is 13.6 Å². The summed E-state index contributed by atoms with van der Waals surface area (Å²) in [5.41, 5.74) is 1.30. The first-order chi connectivity index (χ1) is 9.79. The van der Waals surface area contributed by atoms with Gasteiger partial charge in [-0.05, 0) is 52.7 Å². The molecule has 0 bridgehead atoms. The van der Waals surface area contributed by atoms with Crippen LogP contribution in [-0.2, 0) is 10.0 Å². The number of nitrogens with one attached hydrogen (secondary N) is 1. The smallest absolute Gasteiger partial charge is 0.257 e. The number of sulfonamides is 1. The molecule has 0 aliphatic rings. The first-order valence-electron chi connectivity index (χ1n) is 5.83. The molecule has 1 amide bonds. The van der Waals surface area contributed by atoms with Crippen molar-refractivity contribution < 1.29 is 13.2 Å². The van der Waals surface area contributed by atoms with Gasteiger partial charge < -0.3 is 5.32 Å². The minimum absolute atomic E-state index is 0.00810. The predicted octanol–water partition coefficient (Wildman–Crippen LogP) is 2.05. The Morgan fingerprint density at radius 3 is 2.67 bits per heavy atom. The van der Waals surface area contributed by atoms with Gasteiger partial charge >= 0.3 is 0 Å². The molecule has 3 N–H and O–H groups in total. The standard InChI is InChI=1S/C13H12BrN3O3S/c1-8-5-11(10(14)6-12(8)21(15,19)20)17-13(18)9-3-2-4-16-7-9/h2-7H,1H3,(H,17,18)(H2,15,19,20). The maximum absolute atomic E-state index is 12.0. The number of nitrogens with zero attached hydrogens (tertiary/aromatic N) is 1. The first-order valence-corrected chi connectivity index (χ1v) is 8.17. The van der Waals surface area contributed by atoms with E-state index >= 15 is 0 Å². The SMILES string of the molecule is Cc1cc(NC(=O)c2cccnc2)c(Br)cc1S(N)(=O)=O. The van der Waals surface area contributed by atoms with Crippen LogP contribution in [-0.4, -0.2) is 19.3 Å². The van der Waals surface area contributed by atoms with Crippen LogP contribution in [0.5, 0.6) is 0 Å². The molecule has 1 heterocycles. The largest absolute Gasteiger partial charge is 0.321 e. The highest BCUT2D eigenvalue weighted by molar-refractivity contribution is 9.10. The third kappa shape index (κ3) is 3.66. The van der Waals surface area contributed by atoms with E-state index in [0.29, 0.717) is 21.3 Å². The molecule has 1 aromatic heterocycles. The number of halogens is 1. The summed E-state index contributed by atoms with van der Waals surface area (Å²) in [5, 5.41) is 7.81. The van der Waals surface area contributed by atoms with Gasteiger partial charge in [-0.1, -0.05) is 0 Å². The van der Waals surface area contributed by atoms with Gasteiger partial charge in [0.1, 0.15) is 0 Å². The molecular weight excluding hydrogens is 358 g/mol. The Bertz CT molecular complexity index is 792. The number of hydrogen-bond donors (Lipinski definition) is 2. The molecule has 8 heteroatoms. The molecule has 0 atom stereocenters. The first kappa shape index (κ1) is 15.6. The van der Waals surface area contributed by atoms with Gasteiger partial charge in [0.15, 0.2) is 0 Å². The second-order valence-electron chi connectivity index (χ2n) is 4.34. The predicted molar refractivity (Wildman–Crippen MR) is 82.4 cm³/mol. The quantitative estimate of drug-likeness (QED) is 0.863. The van der Waals surface area contributed by atoms with Crippen molar-refractivity contribution in [2.24, 2.45) is 5.14 Å². The number of benzene rings is 1. The lowest BCUT2D eigenvalue weighted by Crippen LogP contribution is -2.16. The molecule has 21 heavy (non-hydrogen) atoms. The number of amides is 1. The summed E-state index contributed by atoms with van der Waals surface area (Å²) < 4.78 is 23.3. The number of rotatable bonds is 3. The fourth-order valence-corrected chi connectivity index (χ4v) is 3.14. The topological polar surface area (TPSA) is 102 Å². The molecule has 0 saturated carbocycles. The van der Waals surface area contributed by atoms with Crippen molar-refractivity contribution in [1.29, 1.82) is 0 Å². The number of aryl methyl sites for hydroxylation is 1. The van der Waals surface area contributed by atoms with Gasteiger partial charge in [0, 0.05) is 16.9 Å². The van der Waals surface area contributed by atoms with E-state index in [1.54, 1.807) is 25.3 Å². The summed E-state index contributed by atoms with van der Waals surface area (Å²) in [6, 6.07) is 6.18. The van der Waals surface area contributed by atoms with Crippen LogP contribution < -0.4 is 10.5 Å². The number of nitrogens with two attached hydrogens (primary N) is 1. The molecule has 0 aliphatic carbocycles. The third-order valence-corrected chi connectivity index (χ3v) is 4.45. The maximum Gasteiger partial charge on any atom is 0.257 e. The summed E-state index contributed by atoms with van der Waals surface area (Å²) in [6.45, 7) is 1.60. The number of carbonyl (C=O) groups excluding carboxylic acids is 1. The van der Waals surface area contributed by atoms with E-state index in [9.17, 15) is 13.2 Å². The minimum atomic E-state index is -3.81. The summed E-state index contributed by atoms with van der Waals surface area (Å²) in [5.74, 6) is -0.341. The second kappa shape index (κ2) is 5.92. The van der Waals surface area contributed by atoms with Crippen molar-refractivity contribution in [1.82, 2.24) is 4.98 Å². The summed E-state index contributed by atoms with van der Waals surface area (Å²) in [7, 11) is -3.81. The monoisotopic (exact) mass is 369 g/mol. The van der Waals surface area contributed by atoms with E-state index in [2.05, 4.69) is 26.2 Å². The zero-order valence-electron chi connectivity index (χ0n) is 11.0. The Morgan fingerprint density at radius 1 is 1.38 bits per heavy atom. The lowest BCUT2D eigenvalue weighted by Gasteiger charge is -2.11. The molecular formula is C13H12BrN3O3S. The van der Waals surface area contributed by atoms with Crippen LogP contribution in [0.15, 0.2) is 46.0 Å². The average Bonchev–Trinajstić information content (AvgIpc) is 2.42. The molecule has 2 aromatic rings. The summed E-state index contributed by atoms with van der Waals surface area (Å²) in [6.07, 6.45) is 3.01. The highest BCUT2D eigenvalue weighted by Gasteiger charge is 2.16. The van der Waals surface area contributed by atoms with Gasteiger partial charge in [0.25, 0.3) is 5.91 Å². The molecule has 0 aliphatic heterocycles. The Labute approximate surface area is 130 Å². The highest BCUT2D eigenvalue weighted by Crippen LogP contribution is 2.28. The van der Waals surface area contributed by atoms with E-state index in [4.69, 9.17) is 5.14 Å². The molecule has 0 unspecified atom stereocenters. The minimum Gasteiger partial charge on any atom is -0.321 e. The van der Waals surface area contributed by atoms with Crippen LogP contribution in [0.25, 0.3) is 0 Å². The molecule has 0 saturated heterocycles. The lowest BCUT2D eigenvalue weighted by molar-refractivity contribution is 0.102. The number of carbonyl (C=O) groups is 1. The van der Waals surface area contributed by atoms with Crippen LogP contribution in [0.4, 0.5) is 5.69 Å². The van der Waals surface area contributed by atoms with Crippen LogP contribution in [0.3, 0.4) is 0 Å². The van der Waals surface area contributed by atoms with Gasteiger partial charge in [0.05, 0.1) is 16.1 Å². The number of primary sulfonamides is 1. The Balaban J connectivity index is 2.34.